The molecule has 7 heteroatoms. The number of sulfonamides is 1. The molecule has 0 radical (unpaired) electrons. The normalized spacial score (nSPS) is 25.7. The molecule has 0 amide bonds. The molecule has 2 fully saturated rings. The Morgan fingerprint density at radius 3 is 2.70 bits per heavy atom. The zero-order valence-corrected chi connectivity index (χ0v) is 14.3. The Balaban J connectivity index is 2.00. The lowest BCUT2D eigenvalue weighted by molar-refractivity contribution is -0.0586. The van der Waals surface area contributed by atoms with Gasteiger partial charge in [-0.15, -0.1) is 0 Å². The van der Waals surface area contributed by atoms with E-state index in [-0.39, 0.29) is 17.0 Å². The second kappa shape index (κ2) is 6.67. The maximum Gasteiger partial charge on any atom is 0.247 e. The number of nitrogens with zero attached hydrogens (tertiary/aromatic N) is 1. The van der Waals surface area contributed by atoms with Crippen LogP contribution in [-0.4, -0.2) is 52.2 Å². The Hall–Kier alpha value is -1.31. The van der Waals surface area contributed by atoms with E-state index in [2.05, 4.69) is 0 Å². The number of rotatable bonds is 4. The van der Waals surface area contributed by atoms with Crippen LogP contribution in [0.1, 0.15) is 25.7 Å². The highest BCUT2D eigenvalue weighted by atomic mass is 32.2. The summed E-state index contributed by atoms with van der Waals surface area (Å²) in [5.74, 6) is 0.836. The second-order valence-corrected chi connectivity index (χ2v) is 7.75. The Bertz CT molecular complexity index is 658. The zero-order chi connectivity index (χ0) is 16.4. The summed E-state index contributed by atoms with van der Waals surface area (Å²) in [7, 11) is -0.666. The highest BCUT2D eigenvalue weighted by Crippen LogP contribution is 2.36. The predicted molar refractivity (Wildman–Crippen MR) is 85.4 cm³/mol. The highest BCUT2D eigenvalue weighted by molar-refractivity contribution is 7.89. The fourth-order valence-corrected chi connectivity index (χ4v) is 5.31. The maximum absolute atomic E-state index is 13.2. The van der Waals surface area contributed by atoms with E-state index in [1.165, 1.54) is 20.3 Å². The van der Waals surface area contributed by atoms with Gasteiger partial charge in [0, 0.05) is 12.6 Å². The minimum atomic E-state index is -3.66. The lowest BCUT2D eigenvalue weighted by atomic mass is 9.91. The van der Waals surface area contributed by atoms with E-state index < -0.39 is 10.0 Å². The van der Waals surface area contributed by atoms with Crippen molar-refractivity contribution in [2.45, 2.75) is 42.7 Å². The van der Waals surface area contributed by atoms with Gasteiger partial charge in [-0.25, -0.2) is 8.42 Å². The molecule has 0 N–H and O–H groups in total. The molecule has 1 heterocycles. The monoisotopic (exact) mass is 341 g/mol. The van der Waals surface area contributed by atoms with Gasteiger partial charge >= 0.3 is 0 Å². The van der Waals surface area contributed by atoms with Gasteiger partial charge < -0.3 is 14.2 Å². The fraction of sp³-hybridized carbons (Fsp3) is 0.625. The van der Waals surface area contributed by atoms with Crippen LogP contribution in [0.25, 0.3) is 0 Å². The van der Waals surface area contributed by atoms with Crippen LogP contribution in [0.5, 0.6) is 11.5 Å². The Morgan fingerprint density at radius 2 is 1.96 bits per heavy atom. The Kier molecular flexibility index (Phi) is 4.79. The van der Waals surface area contributed by atoms with Gasteiger partial charge in [0.05, 0.1) is 33.0 Å². The molecule has 1 aliphatic carbocycles. The van der Waals surface area contributed by atoms with Crippen LogP contribution in [0.15, 0.2) is 23.1 Å². The van der Waals surface area contributed by atoms with Gasteiger partial charge in [0.15, 0.2) is 0 Å². The third kappa shape index (κ3) is 3.05. The molecule has 0 bridgehead atoms. The van der Waals surface area contributed by atoms with Crippen LogP contribution in [0, 0.1) is 0 Å². The average molecular weight is 341 g/mol. The van der Waals surface area contributed by atoms with Crippen molar-refractivity contribution in [3.63, 3.8) is 0 Å². The molecule has 1 aromatic rings. The molecule has 0 spiro atoms. The van der Waals surface area contributed by atoms with Crippen molar-refractivity contribution in [3.8, 4) is 11.5 Å². The summed E-state index contributed by atoms with van der Waals surface area (Å²) in [6.07, 6.45) is 3.90. The maximum atomic E-state index is 13.2. The Labute approximate surface area is 137 Å². The summed E-state index contributed by atoms with van der Waals surface area (Å²) in [4.78, 5) is 0.158. The van der Waals surface area contributed by atoms with Gasteiger partial charge in [-0.2, -0.15) is 4.31 Å². The van der Waals surface area contributed by atoms with Gasteiger partial charge in [0.25, 0.3) is 0 Å². The van der Waals surface area contributed by atoms with E-state index in [9.17, 15) is 8.42 Å². The van der Waals surface area contributed by atoms with Crippen molar-refractivity contribution in [1.82, 2.24) is 4.31 Å². The van der Waals surface area contributed by atoms with E-state index in [1.807, 2.05) is 0 Å². The largest absolute Gasteiger partial charge is 0.497 e. The summed E-state index contributed by atoms with van der Waals surface area (Å²) in [6.45, 7) is 0.816. The summed E-state index contributed by atoms with van der Waals surface area (Å²) in [5, 5.41) is 0. The molecule has 0 unspecified atom stereocenters. The predicted octanol–water partition coefficient (Wildman–Crippen LogP) is 2.04. The number of hydrogen-bond acceptors (Lipinski definition) is 5. The van der Waals surface area contributed by atoms with Gasteiger partial charge in [-0.1, -0.05) is 12.8 Å². The fourth-order valence-electron chi connectivity index (χ4n) is 3.47. The standard InChI is InChI=1S/C16H23NO5S/c1-20-12-7-8-15(21-2)16(11-12)23(18,19)17-9-10-22-14-6-4-3-5-13(14)17/h7-8,11,13-14H,3-6,9-10H2,1-2H3/t13-,14-/m0/s1. The smallest absolute Gasteiger partial charge is 0.247 e. The lowest BCUT2D eigenvalue weighted by Gasteiger charge is -2.42. The summed E-state index contributed by atoms with van der Waals surface area (Å²) < 4.78 is 44.3. The third-order valence-electron chi connectivity index (χ3n) is 4.64. The first-order valence-corrected chi connectivity index (χ1v) is 9.37. The topological polar surface area (TPSA) is 65.1 Å². The molecular formula is C16H23NO5S. The van der Waals surface area contributed by atoms with E-state index >= 15 is 0 Å². The van der Waals surface area contributed by atoms with Crippen molar-refractivity contribution < 1.29 is 22.6 Å². The van der Waals surface area contributed by atoms with Gasteiger partial charge in [0.1, 0.15) is 16.4 Å². The van der Waals surface area contributed by atoms with Gasteiger partial charge in [-0.3, -0.25) is 0 Å². The second-order valence-electron chi connectivity index (χ2n) is 5.89. The molecule has 2 atom stereocenters. The SMILES string of the molecule is COc1ccc(OC)c(S(=O)(=O)N2CCO[C@H]3CCCC[C@@H]32)c1. The van der Waals surface area contributed by atoms with Crippen molar-refractivity contribution in [3.05, 3.63) is 18.2 Å². The summed E-state index contributed by atoms with van der Waals surface area (Å²) >= 11 is 0. The van der Waals surface area contributed by atoms with Crippen molar-refractivity contribution in [1.29, 1.82) is 0 Å². The lowest BCUT2D eigenvalue weighted by Crippen LogP contribution is -2.54. The first kappa shape index (κ1) is 16.5. The van der Waals surface area contributed by atoms with Crippen LogP contribution in [-0.2, 0) is 14.8 Å². The minimum Gasteiger partial charge on any atom is -0.497 e. The van der Waals surface area contributed by atoms with Crippen LogP contribution >= 0.6 is 0 Å². The molecular weight excluding hydrogens is 318 g/mol. The van der Waals surface area contributed by atoms with Crippen molar-refractivity contribution >= 4 is 10.0 Å². The van der Waals surface area contributed by atoms with E-state index in [4.69, 9.17) is 14.2 Å². The minimum absolute atomic E-state index is 0.00359. The number of morpholine rings is 1. The van der Waals surface area contributed by atoms with E-state index in [0.29, 0.717) is 24.7 Å². The molecule has 2 aliphatic rings. The molecule has 1 aliphatic heterocycles. The van der Waals surface area contributed by atoms with Crippen LogP contribution in [0.4, 0.5) is 0 Å². The molecule has 23 heavy (non-hydrogen) atoms. The van der Waals surface area contributed by atoms with E-state index in [0.717, 1.165) is 25.7 Å². The number of hydrogen-bond donors (Lipinski definition) is 0. The number of ether oxygens (including phenoxy) is 3. The molecule has 128 valence electrons. The van der Waals surface area contributed by atoms with E-state index in [1.54, 1.807) is 16.4 Å². The number of fused-ring (bicyclic) bond motifs is 1. The highest BCUT2D eigenvalue weighted by Gasteiger charge is 2.41. The first-order chi connectivity index (χ1) is 11.1. The van der Waals surface area contributed by atoms with Gasteiger partial charge in [-0.05, 0) is 25.0 Å². The third-order valence-corrected chi connectivity index (χ3v) is 6.58. The number of methoxy groups -OCH3 is 2. The molecule has 1 aromatic carbocycles. The van der Waals surface area contributed by atoms with Crippen LogP contribution < -0.4 is 9.47 Å². The molecule has 3 rings (SSSR count). The van der Waals surface area contributed by atoms with Crippen LogP contribution in [0.2, 0.25) is 0 Å². The van der Waals surface area contributed by atoms with Gasteiger partial charge in [0.2, 0.25) is 10.0 Å². The quantitative estimate of drug-likeness (QED) is 0.838. The summed E-state index contributed by atoms with van der Waals surface area (Å²) in [5.41, 5.74) is 0. The Morgan fingerprint density at radius 1 is 1.17 bits per heavy atom. The number of benzene rings is 1. The molecule has 6 nitrogen and oxygen atoms in total. The molecule has 1 saturated carbocycles. The molecule has 1 saturated heterocycles. The van der Waals surface area contributed by atoms with Crippen molar-refractivity contribution in [2.24, 2.45) is 0 Å². The summed E-state index contributed by atoms with van der Waals surface area (Å²) in [6, 6.07) is 4.77. The average Bonchev–Trinajstić information content (AvgIpc) is 2.60. The van der Waals surface area contributed by atoms with Crippen molar-refractivity contribution in [2.75, 3.05) is 27.4 Å². The van der Waals surface area contributed by atoms with Crippen LogP contribution in [0.3, 0.4) is 0 Å². The first-order valence-electron chi connectivity index (χ1n) is 7.93. The zero-order valence-electron chi connectivity index (χ0n) is 13.5. The molecule has 0 aromatic heterocycles.